The van der Waals surface area contributed by atoms with Crippen LogP contribution in [0.25, 0.3) is 0 Å². The summed E-state index contributed by atoms with van der Waals surface area (Å²) in [6.07, 6.45) is 0. The Balaban J connectivity index is 1.83. The molecule has 0 aliphatic carbocycles. The molecule has 2 N–H and O–H groups in total. The second-order valence-electron chi connectivity index (χ2n) is 5.18. The Morgan fingerprint density at radius 3 is 2.73 bits per heavy atom. The molecule has 0 saturated carbocycles. The molecule has 136 valence electrons. The topological polar surface area (TPSA) is 85.0 Å². The van der Waals surface area contributed by atoms with Gasteiger partial charge in [0, 0.05) is 16.6 Å². The molecule has 0 amide bonds. The molecule has 0 atom stereocenters. The summed E-state index contributed by atoms with van der Waals surface area (Å²) in [5.74, 6) is 1.59. The predicted molar refractivity (Wildman–Crippen MR) is 103 cm³/mol. The van der Waals surface area contributed by atoms with Crippen LogP contribution in [0.5, 0.6) is 11.5 Å². The van der Waals surface area contributed by atoms with E-state index < -0.39 is 0 Å². The third kappa shape index (κ3) is 4.38. The number of anilines is 1. The van der Waals surface area contributed by atoms with Gasteiger partial charge in [0.05, 0.1) is 17.2 Å². The van der Waals surface area contributed by atoms with Gasteiger partial charge in [-0.2, -0.15) is 5.21 Å². The van der Waals surface area contributed by atoms with Crippen molar-refractivity contribution in [3.63, 3.8) is 0 Å². The molecule has 0 aliphatic heterocycles. The Hall–Kier alpha value is -2.03. The number of rotatable bonds is 7. The van der Waals surface area contributed by atoms with Crippen LogP contribution in [-0.2, 0) is 13.2 Å². The third-order valence-electron chi connectivity index (χ3n) is 3.52. The fraction of sp³-hybridized carbons (Fsp3) is 0.188. The number of methoxy groups -OCH3 is 1. The van der Waals surface area contributed by atoms with Gasteiger partial charge in [-0.15, -0.1) is 5.10 Å². The molecule has 0 radical (unpaired) electrons. The molecule has 3 aromatic rings. The molecule has 7 nitrogen and oxygen atoms in total. The number of ether oxygens (including phenoxy) is 2. The lowest BCUT2D eigenvalue weighted by atomic mass is 10.1. The first-order chi connectivity index (χ1) is 12.6. The summed E-state index contributed by atoms with van der Waals surface area (Å²) in [7, 11) is 1.59. The average Bonchev–Trinajstić information content (AvgIpc) is 3.15. The lowest BCUT2D eigenvalue weighted by molar-refractivity contribution is 0.281. The summed E-state index contributed by atoms with van der Waals surface area (Å²) < 4.78 is 12.3. The molecule has 26 heavy (non-hydrogen) atoms. The SMILES string of the molecule is COc1ccc(Br)c(CNc2nn[nH]n2)c1OCc1ccc(Cl)c(Cl)c1. The minimum Gasteiger partial charge on any atom is -0.493 e. The van der Waals surface area contributed by atoms with E-state index in [1.807, 2.05) is 18.2 Å². The molecule has 0 aliphatic rings. The molecule has 0 spiro atoms. The number of hydrogen-bond acceptors (Lipinski definition) is 6. The van der Waals surface area contributed by atoms with E-state index in [1.54, 1.807) is 19.2 Å². The normalized spacial score (nSPS) is 10.6. The van der Waals surface area contributed by atoms with E-state index in [4.69, 9.17) is 32.7 Å². The summed E-state index contributed by atoms with van der Waals surface area (Å²) in [4.78, 5) is 0. The first-order valence-corrected chi connectivity index (χ1v) is 9.02. The van der Waals surface area contributed by atoms with Gasteiger partial charge in [0.15, 0.2) is 11.5 Å². The van der Waals surface area contributed by atoms with E-state index in [0.29, 0.717) is 40.6 Å². The highest BCUT2D eigenvalue weighted by Gasteiger charge is 2.16. The van der Waals surface area contributed by atoms with Crippen molar-refractivity contribution in [1.29, 1.82) is 0 Å². The van der Waals surface area contributed by atoms with Gasteiger partial charge in [-0.05, 0) is 35.0 Å². The summed E-state index contributed by atoms with van der Waals surface area (Å²) in [6, 6.07) is 9.07. The zero-order valence-corrected chi connectivity index (χ0v) is 16.7. The second-order valence-corrected chi connectivity index (χ2v) is 6.85. The number of nitrogens with one attached hydrogen (secondary N) is 2. The maximum absolute atomic E-state index is 6.06. The highest BCUT2D eigenvalue weighted by atomic mass is 79.9. The Morgan fingerprint density at radius 2 is 2.04 bits per heavy atom. The molecule has 10 heteroatoms. The van der Waals surface area contributed by atoms with Crippen LogP contribution in [0.15, 0.2) is 34.8 Å². The zero-order chi connectivity index (χ0) is 18.5. The Bertz CT molecular complexity index is 893. The van der Waals surface area contributed by atoms with Crippen LogP contribution in [0.2, 0.25) is 10.0 Å². The molecule has 0 bridgehead atoms. The van der Waals surface area contributed by atoms with Crippen molar-refractivity contribution in [3.8, 4) is 11.5 Å². The average molecular weight is 459 g/mol. The quantitative estimate of drug-likeness (QED) is 0.543. The van der Waals surface area contributed by atoms with Gasteiger partial charge in [-0.1, -0.05) is 50.3 Å². The van der Waals surface area contributed by atoms with E-state index in [-0.39, 0.29) is 0 Å². The van der Waals surface area contributed by atoms with Crippen LogP contribution < -0.4 is 14.8 Å². The summed E-state index contributed by atoms with van der Waals surface area (Å²) >= 11 is 15.6. The van der Waals surface area contributed by atoms with Gasteiger partial charge in [0.25, 0.3) is 5.95 Å². The Kier molecular flexibility index (Phi) is 6.18. The van der Waals surface area contributed by atoms with Crippen LogP contribution >= 0.6 is 39.1 Å². The van der Waals surface area contributed by atoms with E-state index in [2.05, 4.69) is 41.9 Å². The molecular weight excluding hydrogens is 445 g/mol. The molecule has 1 aromatic heterocycles. The van der Waals surface area contributed by atoms with E-state index >= 15 is 0 Å². The summed E-state index contributed by atoms with van der Waals surface area (Å²) in [5.41, 5.74) is 1.74. The molecule has 3 rings (SSSR count). The number of nitrogens with zero attached hydrogens (tertiary/aromatic N) is 3. The van der Waals surface area contributed by atoms with Crippen LogP contribution in [0.4, 0.5) is 5.95 Å². The lowest BCUT2D eigenvalue weighted by Gasteiger charge is -2.17. The van der Waals surface area contributed by atoms with Crippen molar-refractivity contribution in [1.82, 2.24) is 20.6 Å². The number of hydrogen-bond donors (Lipinski definition) is 2. The van der Waals surface area contributed by atoms with Gasteiger partial charge >= 0.3 is 0 Å². The third-order valence-corrected chi connectivity index (χ3v) is 5.00. The number of benzene rings is 2. The number of tetrazole rings is 1. The molecule has 2 aromatic carbocycles. The van der Waals surface area contributed by atoms with Crippen LogP contribution in [0.1, 0.15) is 11.1 Å². The molecule has 0 unspecified atom stereocenters. The van der Waals surface area contributed by atoms with Crippen molar-refractivity contribution < 1.29 is 9.47 Å². The number of aromatic amines is 1. The molecular formula is C16H14BrCl2N5O2. The van der Waals surface area contributed by atoms with Crippen molar-refractivity contribution in [3.05, 3.63) is 56.0 Å². The molecule has 1 heterocycles. The van der Waals surface area contributed by atoms with Gasteiger partial charge in [-0.3, -0.25) is 0 Å². The largest absolute Gasteiger partial charge is 0.493 e. The predicted octanol–water partition coefficient (Wildman–Crippen LogP) is 4.47. The minimum absolute atomic E-state index is 0.304. The summed E-state index contributed by atoms with van der Waals surface area (Å²) in [5, 5.41) is 17.7. The first kappa shape index (κ1) is 18.8. The Labute approximate surface area is 168 Å². The van der Waals surface area contributed by atoms with Crippen LogP contribution in [0.3, 0.4) is 0 Å². The zero-order valence-electron chi connectivity index (χ0n) is 13.6. The maximum atomic E-state index is 6.06. The first-order valence-electron chi connectivity index (χ1n) is 7.48. The monoisotopic (exact) mass is 457 g/mol. The summed E-state index contributed by atoms with van der Waals surface area (Å²) in [6.45, 7) is 0.715. The van der Waals surface area contributed by atoms with E-state index in [0.717, 1.165) is 15.6 Å². The van der Waals surface area contributed by atoms with Crippen LogP contribution in [0, 0.1) is 0 Å². The fourth-order valence-corrected chi connectivity index (χ4v) is 3.03. The minimum atomic E-state index is 0.304. The van der Waals surface area contributed by atoms with E-state index in [1.165, 1.54) is 0 Å². The van der Waals surface area contributed by atoms with Gasteiger partial charge in [-0.25, -0.2) is 0 Å². The highest BCUT2D eigenvalue weighted by molar-refractivity contribution is 9.10. The number of H-pyrrole nitrogens is 1. The molecule has 0 saturated heterocycles. The number of halogens is 3. The fourth-order valence-electron chi connectivity index (χ4n) is 2.26. The lowest BCUT2D eigenvalue weighted by Crippen LogP contribution is -2.07. The van der Waals surface area contributed by atoms with E-state index in [9.17, 15) is 0 Å². The van der Waals surface area contributed by atoms with Crippen molar-refractivity contribution in [2.24, 2.45) is 0 Å². The van der Waals surface area contributed by atoms with Gasteiger partial charge in [0.1, 0.15) is 6.61 Å². The van der Waals surface area contributed by atoms with Gasteiger partial charge < -0.3 is 14.8 Å². The maximum Gasteiger partial charge on any atom is 0.263 e. The van der Waals surface area contributed by atoms with Gasteiger partial charge in [0.2, 0.25) is 0 Å². The van der Waals surface area contributed by atoms with Crippen molar-refractivity contribution in [2.45, 2.75) is 13.2 Å². The van der Waals surface area contributed by atoms with Crippen molar-refractivity contribution in [2.75, 3.05) is 12.4 Å². The number of aromatic nitrogens is 4. The van der Waals surface area contributed by atoms with Crippen molar-refractivity contribution >= 4 is 45.1 Å². The standard InChI is InChI=1S/C16H14BrCl2N5O2/c1-25-14-5-3-11(17)10(7-20-16-21-23-24-22-16)15(14)26-8-9-2-4-12(18)13(19)6-9/h2-6H,7-8H2,1H3,(H2,20,21,22,23,24). The molecule has 0 fully saturated rings. The highest BCUT2D eigenvalue weighted by Crippen LogP contribution is 2.37. The Morgan fingerprint density at radius 1 is 1.19 bits per heavy atom. The second kappa shape index (κ2) is 8.57. The van der Waals surface area contributed by atoms with Crippen LogP contribution in [-0.4, -0.2) is 27.7 Å². The smallest absolute Gasteiger partial charge is 0.263 e.